The molecule has 0 saturated heterocycles. The molecule has 6 heteroatoms. The van der Waals surface area contributed by atoms with E-state index in [1.807, 2.05) is 6.92 Å². The Morgan fingerprint density at radius 3 is 2.56 bits per heavy atom. The van der Waals surface area contributed by atoms with Gasteiger partial charge in [0.1, 0.15) is 11.5 Å². The van der Waals surface area contributed by atoms with E-state index in [9.17, 15) is 9.59 Å². The second kappa shape index (κ2) is 10.4. The number of carbonyl (C=O) groups excluding carboxylic acids is 2. The van der Waals surface area contributed by atoms with Gasteiger partial charge in [-0.1, -0.05) is 49.7 Å². The lowest BCUT2D eigenvalue weighted by Gasteiger charge is -2.29. The van der Waals surface area contributed by atoms with Gasteiger partial charge >= 0.3 is 5.97 Å². The Kier molecular flexibility index (Phi) is 7.83. The first-order valence-electron chi connectivity index (χ1n) is 10.9. The van der Waals surface area contributed by atoms with E-state index in [4.69, 9.17) is 16.3 Å². The van der Waals surface area contributed by atoms with Crippen molar-refractivity contribution in [1.82, 2.24) is 0 Å². The lowest BCUT2D eigenvalue weighted by molar-refractivity contribution is -0.130. The van der Waals surface area contributed by atoms with Gasteiger partial charge in [-0.15, -0.1) is 0 Å². The molecule has 2 aromatic carbocycles. The molecule has 3 nitrogen and oxygen atoms in total. The van der Waals surface area contributed by atoms with E-state index in [0.717, 1.165) is 19.3 Å². The van der Waals surface area contributed by atoms with Gasteiger partial charge in [0.05, 0.1) is 5.02 Å². The summed E-state index contributed by atoms with van der Waals surface area (Å²) in [6.45, 7) is 6.87. The molecule has 2 atom stereocenters. The maximum atomic E-state index is 15.1. The number of ketones is 1. The average molecular weight is 461 g/mol. The average Bonchev–Trinajstić information content (AvgIpc) is 2.77. The Labute approximate surface area is 192 Å². The lowest BCUT2D eigenvalue weighted by atomic mass is 9.75. The fourth-order valence-electron chi connectivity index (χ4n) is 4.27. The molecule has 1 fully saturated rings. The van der Waals surface area contributed by atoms with Crippen molar-refractivity contribution < 1.29 is 23.1 Å². The first-order chi connectivity index (χ1) is 15.2. The summed E-state index contributed by atoms with van der Waals surface area (Å²) >= 11 is 6.19. The molecule has 0 heterocycles. The van der Waals surface area contributed by atoms with Crippen molar-refractivity contribution in [3.63, 3.8) is 0 Å². The Balaban J connectivity index is 1.83. The van der Waals surface area contributed by atoms with Crippen LogP contribution in [0.4, 0.5) is 8.78 Å². The Morgan fingerprint density at radius 2 is 1.91 bits per heavy atom. The molecule has 0 aliphatic heterocycles. The van der Waals surface area contributed by atoms with Crippen molar-refractivity contribution in [3.8, 4) is 16.9 Å². The molecule has 0 bridgehead atoms. The van der Waals surface area contributed by atoms with E-state index >= 15 is 8.78 Å². The van der Waals surface area contributed by atoms with E-state index < -0.39 is 17.6 Å². The van der Waals surface area contributed by atoms with Crippen LogP contribution in [-0.4, -0.2) is 11.8 Å². The van der Waals surface area contributed by atoms with Crippen LogP contribution in [0.3, 0.4) is 0 Å². The third-order valence-corrected chi connectivity index (χ3v) is 6.33. The molecule has 3 rings (SSSR count). The highest BCUT2D eigenvalue weighted by molar-refractivity contribution is 6.32. The molecule has 1 aliphatic rings. The number of rotatable bonds is 7. The standard InChI is InChI=1S/C26H27ClF2O3/c1-4-19(30)13-16-6-5-7-17(12-16)20-9-10-21(25(29)24(20)28)18-8-11-23(22(27)14-18)32-26(31)15(2)3/h8-11,14,16-17H,2,4-7,12-13H2,1,3H3. The first kappa shape index (κ1) is 24.1. The van der Waals surface area contributed by atoms with E-state index in [2.05, 4.69) is 6.58 Å². The fourth-order valence-corrected chi connectivity index (χ4v) is 4.49. The summed E-state index contributed by atoms with van der Waals surface area (Å²) < 4.78 is 35.3. The van der Waals surface area contributed by atoms with Crippen molar-refractivity contribution in [3.05, 3.63) is 64.7 Å². The zero-order chi connectivity index (χ0) is 23.4. The topological polar surface area (TPSA) is 43.4 Å². The van der Waals surface area contributed by atoms with Crippen LogP contribution < -0.4 is 4.74 Å². The van der Waals surface area contributed by atoms with Crippen molar-refractivity contribution in [2.75, 3.05) is 0 Å². The zero-order valence-electron chi connectivity index (χ0n) is 18.3. The molecular formula is C26H27ClF2O3. The van der Waals surface area contributed by atoms with Crippen LogP contribution in [0.15, 0.2) is 42.5 Å². The maximum absolute atomic E-state index is 15.1. The van der Waals surface area contributed by atoms with Crippen LogP contribution in [0.1, 0.15) is 63.9 Å². The number of hydrogen-bond acceptors (Lipinski definition) is 3. The first-order valence-corrected chi connectivity index (χ1v) is 11.3. The van der Waals surface area contributed by atoms with E-state index in [0.29, 0.717) is 30.4 Å². The monoisotopic (exact) mass is 460 g/mol. The van der Waals surface area contributed by atoms with E-state index in [1.54, 1.807) is 12.1 Å². The van der Waals surface area contributed by atoms with Crippen LogP contribution >= 0.6 is 11.6 Å². The van der Waals surface area contributed by atoms with Crippen LogP contribution in [0.5, 0.6) is 5.75 Å². The molecule has 32 heavy (non-hydrogen) atoms. The van der Waals surface area contributed by atoms with Crippen molar-refractivity contribution in [2.24, 2.45) is 5.92 Å². The summed E-state index contributed by atoms with van der Waals surface area (Å²) in [5, 5.41) is 0.108. The lowest BCUT2D eigenvalue weighted by Crippen LogP contribution is -2.18. The number of hydrogen-bond donors (Lipinski definition) is 0. The second-order valence-electron chi connectivity index (χ2n) is 8.47. The van der Waals surface area contributed by atoms with Gasteiger partial charge in [-0.25, -0.2) is 13.6 Å². The molecule has 2 aromatic rings. The number of ether oxygens (including phenoxy) is 1. The van der Waals surface area contributed by atoms with Crippen molar-refractivity contribution >= 4 is 23.4 Å². The summed E-state index contributed by atoms with van der Waals surface area (Å²) in [6.07, 6.45) is 4.33. The molecule has 0 spiro atoms. The molecule has 1 saturated carbocycles. The third kappa shape index (κ3) is 5.44. The molecule has 170 valence electrons. The second-order valence-corrected chi connectivity index (χ2v) is 8.88. The number of esters is 1. The fraction of sp³-hybridized carbons (Fsp3) is 0.385. The highest BCUT2D eigenvalue weighted by Gasteiger charge is 2.28. The van der Waals surface area contributed by atoms with Gasteiger partial charge in [0, 0.05) is 24.0 Å². The molecule has 0 amide bonds. The quantitative estimate of drug-likeness (QED) is 0.245. The number of benzene rings is 2. The van der Waals surface area contributed by atoms with Gasteiger partial charge in [-0.2, -0.15) is 0 Å². The van der Waals surface area contributed by atoms with Gasteiger partial charge in [0.2, 0.25) is 0 Å². The smallest absolute Gasteiger partial charge is 0.338 e. The van der Waals surface area contributed by atoms with Crippen LogP contribution in [0.25, 0.3) is 11.1 Å². The number of Topliss-reactive ketones (excluding diaryl/α,β-unsaturated/α-hetero) is 1. The Bertz CT molecular complexity index is 1050. The SMILES string of the molecule is C=C(C)C(=O)Oc1ccc(-c2ccc(C3CCCC(CC(=O)CC)C3)c(F)c2F)cc1Cl. The predicted molar refractivity (Wildman–Crippen MR) is 122 cm³/mol. The van der Waals surface area contributed by atoms with Gasteiger partial charge in [0.25, 0.3) is 0 Å². The van der Waals surface area contributed by atoms with Crippen LogP contribution in [0.2, 0.25) is 5.02 Å². The zero-order valence-corrected chi connectivity index (χ0v) is 19.1. The molecule has 1 aliphatic carbocycles. The summed E-state index contributed by atoms with van der Waals surface area (Å²) in [7, 11) is 0. The van der Waals surface area contributed by atoms with Gasteiger partial charge in [0.15, 0.2) is 11.6 Å². The Hall–Kier alpha value is -2.53. The van der Waals surface area contributed by atoms with E-state index in [-0.39, 0.29) is 39.5 Å². The predicted octanol–water partition coefficient (Wildman–Crippen LogP) is 7.41. The summed E-state index contributed by atoms with van der Waals surface area (Å²) in [6, 6.07) is 7.59. The molecule has 0 aromatic heterocycles. The van der Waals surface area contributed by atoms with Gasteiger partial charge in [-0.05, 0) is 61.3 Å². The van der Waals surface area contributed by atoms with Crippen LogP contribution in [-0.2, 0) is 9.59 Å². The Morgan fingerprint density at radius 1 is 1.16 bits per heavy atom. The minimum absolute atomic E-state index is 0.0828. The number of halogens is 3. The maximum Gasteiger partial charge on any atom is 0.338 e. The van der Waals surface area contributed by atoms with E-state index in [1.165, 1.54) is 25.1 Å². The van der Waals surface area contributed by atoms with Gasteiger partial charge < -0.3 is 4.74 Å². The van der Waals surface area contributed by atoms with Crippen molar-refractivity contribution in [2.45, 2.75) is 58.3 Å². The largest absolute Gasteiger partial charge is 0.422 e. The third-order valence-electron chi connectivity index (χ3n) is 6.04. The highest BCUT2D eigenvalue weighted by atomic mass is 35.5. The summed E-state index contributed by atoms with van der Waals surface area (Å²) in [5.41, 5.74) is 1.04. The van der Waals surface area contributed by atoms with Crippen molar-refractivity contribution in [1.29, 1.82) is 0 Å². The molecule has 0 N–H and O–H groups in total. The summed E-state index contributed by atoms with van der Waals surface area (Å²) in [4.78, 5) is 23.5. The van der Waals surface area contributed by atoms with Crippen LogP contribution in [0, 0.1) is 17.6 Å². The van der Waals surface area contributed by atoms with Gasteiger partial charge in [-0.3, -0.25) is 4.79 Å². The molecular weight excluding hydrogens is 434 g/mol. The minimum atomic E-state index is -0.933. The summed E-state index contributed by atoms with van der Waals surface area (Å²) in [5.74, 6) is -1.96. The molecule has 2 unspecified atom stereocenters. The minimum Gasteiger partial charge on any atom is -0.422 e. The number of carbonyl (C=O) groups is 2. The molecule has 0 radical (unpaired) electrons. The highest BCUT2D eigenvalue weighted by Crippen LogP contribution is 2.41. The normalized spacial score (nSPS) is 18.3.